The number of hydrogen-bond acceptors (Lipinski definition) is 3. The lowest BCUT2D eigenvalue weighted by Crippen LogP contribution is -2.15. The number of rotatable bonds is 4. The van der Waals surface area contributed by atoms with Crippen LogP contribution in [0, 0.1) is 12.7 Å². The van der Waals surface area contributed by atoms with E-state index in [1.54, 1.807) is 32.4 Å². The molecule has 21 heavy (non-hydrogen) atoms. The van der Waals surface area contributed by atoms with E-state index in [0.717, 1.165) is 21.2 Å². The van der Waals surface area contributed by atoms with Crippen LogP contribution < -0.4 is 15.2 Å². The van der Waals surface area contributed by atoms with Crippen molar-refractivity contribution in [1.29, 1.82) is 0 Å². The average Bonchev–Trinajstić information content (AvgIpc) is 2.48. The molecule has 0 spiro atoms. The summed E-state index contributed by atoms with van der Waals surface area (Å²) >= 11 is 3.41. The molecular formula is C16H17BrFNO2. The molecule has 0 amide bonds. The van der Waals surface area contributed by atoms with Crippen molar-refractivity contribution in [3.8, 4) is 11.5 Å². The van der Waals surface area contributed by atoms with E-state index in [9.17, 15) is 4.39 Å². The summed E-state index contributed by atoms with van der Waals surface area (Å²) in [4.78, 5) is 0. The van der Waals surface area contributed by atoms with E-state index in [1.807, 2.05) is 6.92 Å². The maximum absolute atomic E-state index is 13.5. The second-order valence-electron chi connectivity index (χ2n) is 4.71. The Hall–Kier alpha value is -1.59. The molecule has 0 radical (unpaired) electrons. The number of ether oxygens (including phenoxy) is 2. The largest absolute Gasteiger partial charge is 0.496 e. The average molecular weight is 354 g/mol. The van der Waals surface area contributed by atoms with Crippen molar-refractivity contribution in [2.45, 2.75) is 13.0 Å². The highest BCUT2D eigenvalue weighted by molar-refractivity contribution is 9.10. The van der Waals surface area contributed by atoms with Gasteiger partial charge < -0.3 is 15.2 Å². The molecular weight excluding hydrogens is 337 g/mol. The quantitative estimate of drug-likeness (QED) is 0.904. The van der Waals surface area contributed by atoms with Crippen molar-refractivity contribution in [1.82, 2.24) is 0 Å². The molecule has 2 aromatic rings. The molecule has 112 valence electrons. The topological polar surface area (TPSA) is 44.5 Å². The van der Waals surface area contributed by atoms with Gasteiger partial charge >= 0.3 is 0 Å². The van der Waals surface area contributed by atoms with Gasteiger partial charge in [0.15, 0.2) is 0 Å². The maximum Gasteiger partial charge on any atom is 0.133 e. The number of benzene rings is 2. The molecule has 1 unspecified atom stereocenters. The van der Waals surface area contributed by atoms with Gasteiger partial charge in [-0.2, -0.15) is 0 Å². The Bertz CT molecular complexity index is 661. The first kappa shape index (κ1) is 15.8. The molecule has 0 fully saturated rings. The predicted molar refractivity (Wildman–Crippen MR) is 84.4 cm³/mol. The van der Waals surface area contributed by atoms with Crippen LogP contribution in [0.3, 0.4) is 0 Å². The molecule has 0 bridgehead atoms. The van der Waals surface area contributed by atoms with Crippen molar-refractivity contribution in [2.75, 3.05) is 14.2 Å². The van der Waals surface area contributed by atoms with Gasteiger partial charge in [0.2, 0.25) is 0 Å². The summed E-state index contributed by atoms with van der Waals surface area (Å²) in [6.45, 7) is 1.90. The fraction of sp³-hybridized carbons (Fsp3) is 0.250. The van der Waals surface area contributed by atoms with Crippen LogP contribution in [0.2, 0.25) is 0 Å². The minimum atomic E-state index is -0.502. The van der Waals surface area contributed by atoms with Crippen LogP contribution in [0.15, 0.2) is 34.8 Å². The zero-order valence-electron chi connectivity index (χ0n) is 12.1. The highest BCUT2D eigenvalue weighted by Gasteiger charge is 2.19. The third-order valence-corrected chi connectivity index (χ3v) is 4.04. The Kier molecular flexibility index (Phi) is 4.85. The molecule has 1 atom stereocenters. The van der Waals surface area contributed by atoms with Gasteiger partial charge in [-0.3, -0.25) is 0 Å². The van der Waals surface area contributed by atoms with Crippen molar-refractivity contribution in [3.63, 3.8) is 0 Å². The third kappa shape index (κ3) is 3.19. The lowest BCUT2D eigenvalue weighted by Gasteiger charge is -2.19. The second-order valence-corrected chi connectivity index (χ2v) is 5.56. The minimum absolute atomic E-state index is 0.311. The fourth-order valence-corrected chi connectivity index (χ4v) is 2.73. The molecule has 5 heteroatoms. The minimum Gasteiger partial charge on any atom is -0.496 e. The summed E-state index contributed by atoms with van der Waals surface area (Å²) < 4.78 is 24.9. The molecule has 0 aliphatic heterocycles. The summed E-state index contributed by atoms with van der Waals surface area (Å²) in [6.07, 6.45) is 0. The highest BCUT2D eigenvalue weighted by atomic mass is 79.9. The van der Waals surface area contributed by atoms with Crippen molar-refractivity contribution in [3.05, 3.63) is 57.3 Å². The Morgan fingerprint density at radius 3 is 2.33 bits per heavy atom. The molecule has 0 saturated carbocycles. The summed E-state index contributed by atoms with van der Waals surface area (Å²) in [5, 5.41) is 0. The first-order valence-corrected chi connectivity index (χ1v) is 7.20. The Morgan fingerprint density at radius 2 is 1.71 bits per heavy atom. The van der Waals surface area contributed by atoms with Gasteiger partial charge in [-0.25, -0.2) is 4.39 Å². The van der Waals surface area contributed by atoms with Gasteiger partial charge in [-0.05, 0) is 58.2 Å². The SMILES string of the molecule is COc1cc(C(N)c2cc(F)ccc2C)c(OC)cc1Br. The van der Waals surface area contributed by atoms with E-state index in [1.165, 1.54) is 12.1 Å². The van der Waals surface area contributed by atoms with Gasteiger partial charge in [-0.1, -0.05) is 6.07 Å². The number of methoxy groups -OCH3 is 2. The Balaban J connectivity index is 2.56. The fourth-order valence-electron chi connectivity index (χ4n) is 2.24. The molecule has 3 nitrogen and oxygen atoms in total. The van der Waals surface area contributed by atoms with Gasteiger partial charge in [0.25, 0.3) is 0 Å². The van der Waals surface area contributed by atoms with Crippen LogP contribution in [-0.4, -0.2) is 14.2 Å². The first-order chi connectivity index (χ1) is 9.97. The molecule has 0 aromatic heterocycles. The smallest absolute Gasteiger partial charge is 0.133 e. The molecule has 0 heterocycles. The normalized spacial score (nSPS) is 12.1. The summed E-state index contributed by atoms with van der Waals surface area (Å²) in [7, 11) is 3.15. The van der Waals surface area contributed by atoms with E-state index >= 15 is 0 Å². The van der Waals surface area contributed by atoms with Crippen LogP contribution in [0.4, 0.5) is 4.39 Å². The van der Waals surface area contributed by atoms with E-state index in [-0.39, 0.29) is 5.82 Å². The Morgan fingerprint density at radius 1 is 1.05 bits per heavy atom. The molecule has 2 aromatic carbocycles. The zero-order chi connectivity index (χ0) is 15.6. The standard InChI is InChI=1S/C16H17BrFNO2/c1-9-4-5-10(18)6-11(9)16(19)12-7-15(21-3)13(17)8-14(12)20-2/h4-8,16H,19H2,1-3H3. The highest BCUT2D eigenvalue weighted by Crippen LogP contribution is 2.37. The maximum atomic E-state index is 13.5. The molecule has 0 saturated heterocycles. The lowest BCUT2D eigenvalue weighted by molar-refractivity contribution is 0.395. The third-order valence-electron chi connectivity index (χ3n) is 3.42. The van der Waals surface area contributed by atoms with E-state index in [0.29, 0.717) is 11.5 Å². The Labute approximate surface area is 132 Å². The van der Waals surface area contributed by atoms with E-state index in [2.05, 4.69) is 15.9 Å². The summed E-state index contributed by atoms with van der Waals surface area (Å²) in [5.41, 5.74) is 8.70. The van der Waals surface area contributed by atoms with Crippen LogP contribution in [0.1, 0.15) is 22.7 Å². The molecule has 0 aliphatic rings. The summed E-state index contributed by atoms with van der Waals surface area (Å²) in [6, 6.07) is 7.68. The van der Waals surface area contributed by atoms with Gasteiger partial charge in [0.1, 0.15) is 17.3 Å². The van der Waals surface area contributed by atoms with E-state index in [4.69, 9.17) is 15.2 Å². The van der Waals surface area contributed by atoms with Crippen LogP contribution >= 0.6 is 15.9 Å². The summed E-state index contributed by atoms with van der Waals surface area (Å²) in [5.74, 6) is 0.961. The van der Waals surface area contributed by atoms with Crippen molar-refractivity contribution >= 4 is 15.9 Å². The second kappa shape index (κ2) is 6.45. The number of nitrogens with two attached hydrogens (primary N) is 1. The van der Waals surface area contributed by atoms with Crippen molar-refractivity contribution in [2.24, 2.45) is 5.73 Å². The van der Waals surface area contributed by atoms with Crippen LogP contribution in [-0.2, 0) is 0 Å². The van der Waals surface area contributed by atoms with Gasteiger partial charge in [-0.15, -0.1) is 0 Å². The van der Waals surface area contributed by atoms with Gasteiger partial charge in [0.05, 0.1) is 24.7 Å². The number of halogens is 2. The molecule has 0 aliphatic carbocycles. The lowest BCUT2D eigenvalue weighted by atomic mass is 9.95. The zero-order valence-corrected chi connectivity index (χ0v) is 13.7. The molecule has 2 rings (SSSR count). The van der Waals surface area contributed by atoms with Crippen LogP contribution in [0.5, 0.6) is 11.5 Å². The predicted octanol–water partition coefficient (Wildman–Crippen LogP) is 3.96. The monoisotopic (exact) mass is 353 g/mol. The van der Waals surface area contributed by atoms with Crippen molar-refractivity contribution < 1.29 is 13.9 Å². The number of aryl methyl sites for hydroxylation is 1. The first-order valence-electron chi connectivity index (χ1n) is 6.41. The molecule has 2 N–H and O–H groups in total. The number of hydrogen-bond donors (Lipinski definition) is 1. The van der Waals surface area contributed by atoms with Crippen LogP contribution in [0.25, 0.3) is 0 Å². The van der Waals surface area contributed by atoms with E-state index < -0.39 is 6.04 Å². The van der Waals surface area contributed by atoms with Gasteiger partial charge in [0, 0.05) is 5.56 Å².